The Morgan fingerprint density at radius 1 is 1.71 bits per heavy atom. The molecule has 1 unspecified atom stereocenters. The highest BCUT2D eigenvalue weighted by molar-refractivity contribution is 6.03. The van der Waals surface area contributed by atoms with Gasteiger partial charge in [0.2, 0.25) is 0 Å². The molecule has 0 aromatic heterocycles. The lowest BCUT2D eigenvalue weighted by molar-refractivity contribution is 0.226. The number of rotatable bonds is 2. The SMILES string of the molecule is CCC1(C)/C(=N/O)C(OC)=CC[C@@H]1C. The number of hydrogen-bond acceptors (Lipinski definition) is 3. The Morgan fingerprint density at radius 2 is 2.36 bits per heavy atom. The van der Waals surface area contributed by atoms with E-state index in [4.69, 9.17) is 9.94 Å². The topological polar surface area (TPSA) is 41.8 Å². The molecular weight excluding hydrogens is 178 g/mol. The first-order valence-corrected chi connectivity index (χ1v) is 5.07. The van der Waals surface area contributed by atoms with Crippen molar-refractivity contribution in [2.45, 2.75) is 33.6 Å². The molecule has 0 aromatic carbocycles. The summed E-state index contributed by atoms with van der Waals surface area (Å²) in [6.45, 7) is 6.41. The van der Waals surface area contributed by atoms with Crippen molar-refractivity contribution in [3.05, 3.63) is 11.8 Å². The van der Waals surface area contributed by atoms with E-state index in [1.54, 1.807) is 7.11 Å². The van der Waals surface area contributed by atoms with E-state index >= 15 is 0 Å². The van der Waals surface area contributed by atoms with Crippen molar-refractivity contribution < 1.29 is 9.94 Å². The van der Waals surface area contributed by atoms with E-state index in [1.807, 2.05) is 6.08 Å². The zero-order chi connectivity index (χ0) is 10.8. The van der Waals surface area contributed by atoms with Crippen molar-refractivity contribution in [3.63, 3.8) is 0 Å². The van der Waals surface area contributed by atoms with E-state index < -0.39 is 0 Å². The molecule has 1 rings (SSSR count). The third-order valence-electron chi connectivity index (χ3n) is 3.57. The van der Waals surface area contributed by atoms with E-state index in [9.17, 15) is 0 Å². The monoisotopic (exact) mass is 197 g/mol. The maximum atomic E-state index is 9.04. The molecule has 2 atom stereocenters. The van der Waals surface area contributed by atoms with Crippen LogP contribution in [0.4, 0.5) is 0 Å². The number of oxime groups is 1. The van der Waals surface area contributed by atoms with Gasteiger partial charge in [-0.15, -0.1) is 0 Å². The Labute approximate surface area is 85.5 Å². The summed E-state index contributed by atoms with van der Waals surface area (Å²) < 4.78 is 5.21. The van der Waals surface area contributed by atoms with Crippen molar-refractivity contribution in [2.75, 3.05) is 7.11 Å². The van der Waals surface area contributed by atoms with Gasteiger partial charge in [0, 0.05) is 5.41 Å². The largest absolute Gasteiger partial charge is 0.495 e. The van der Waals surface area contributed by atoms with E-state index in [-0.39, 0.29) is 5.41 Å². The van der Waals surface area contributed by atoms with Crippen molar-refractivity contribution in [2.24, 2.45) is 16.5 Å². The summed E-state index contributed by atoms with van der Waals surface area (Å²) in [4.78, 5) is 0. The van der Waals surface area contributed by atoms with Crippen molar-refractivity contribution in [1.82, 2.24) is 0 Å². The lowest BCUT2D eigenvalue weighted by Crippen LogP contribution is -2.38. The fourth-order valence-electron chi connectivity index (χ4n) is 2.01. The van der Waals surface area contributed by atoms with Crippen LogP contribution >= 0.6 is 0 Å². The van der Waals surface area contributed by atoms with Gasteiger partial charge in [-0.25, -0.2) is 0 Å². The van der Waals surface area contributed by atoms with Gasteiger partial charge in [-0.05, 0) is 24.8 Å². The molecule has 0 fully saturated rings. The van der Waals surface area contributed by atoms with Crippen LogP contribution in [0.25, 0.3) is 0 Å². The summed E-state index contributed by atoms with van der Waals surface area (Å²) in [7, 11) is 1.61. The smallest absolute Gasteiger partial charge is 0.140 e. The summed E-state index contributed by atoms with van der Waals surface area (Å²) in [6, 6.07) is 0. The van der Waals surface area contributed by atoms with Crippen molar-refractivity contribution >= 4 is 5.71 Å². The first-order chi connectivity index (χ1) is 6.60. The van der Waals surface area contributed by atoms with Gasteiger partial charge in [0.15, 0.2) is 0 Å². The van der Waals surface area contributed by atoms with Gasteiger partial charge in [-0.1, -0.05) is 25.9 Å². The van der Waals surface area contributed by atoms with Crippen LogP contribution in [0.3, 0.4) is 0 Å². The molecule has 80 valence electrons. The summed E-state index contributed by atoms with van der Waals surface area (Å²) in [5.41, 5.74) is 0.607. The quantitative estimate of drug-likeness (QED) is 0.546. The van der Waals surface area contributed by atoms with Crippen LogP contribution in [-0.2, 0) is 4.74 Å². The van der Waals surface area contributed by atoms with Crippen LogP contribution in [0.2, 0.25) is 0 Å². The average molecular weight is 197 g/mol. The zero-order valence-corrected chi connectivity index (χ0v) is 9.37. The van der Waals surface area contributed by atoms with Crippen LogP contribution in [0, 0.1) is 11.3 Å². The van der Waals surface area contributed by atoms with Gasteiger partial charge in [0.25, 0.3) is 0 Å². The van der Waals surface area contributed by atoms with Crippen LogP contribution < -0.4 is 0 Å². The molecule has 0 saturated heterocycles. The molecular formula is C11H19NO2. The highest BCUT2D eigenvalue weighted by Crippen LogP contribution is 2.41. The minimum atomic E-state index is -0.0746. The maximum absolute atomic E-state index is 9.04. The molecule has 0 heterocycles. The van der Waals surface area contributed by atoms with Gasteiger partial charge < -0.3 is 9.94 Å². The first kappa shape index (κ1) is 11.1. The molecule has 3 nitrogen and oxygen atoms in total. The second-order valence-corrected chi connectivity index (χ2v) is 4.13. The summed E-state index contributed by atoms with van der Waals surface area (Å²) in [6.07, 6.45) is 3.93. The number of allylic oxidation sites excluding steroid dienone is 2. The molecule has 0 radical (unpaired) electrons. The van der Waals surface area contributed by atoms with Crippen LogP contribution in [0.1, 0.15) is 33.6 Å². The normalized spacial score (nSPS) is 35.6. The predicted molar refractivity (Wildman–Crippen MR) is 56.5 cm³/mol. The Morgan fingerprint density at radius 3 is 2.79 bits per heavy atom. The first-order valence-electron chi connectivity index (χ1n) is 5.07. The Balaban J connectivity index is 3.12. The average Bonchev–Trinajstić information content (AvgIpc) is 2.21. The molecule has 14 heavy (non-hydrogen) atoms. The van der Waals surface area contributed by atoms with E-state index in [0.29, 0.717) is 11.6 Å². The Hall–Kier alpha value is -0.990. The van der Waals surface area contributed by atoms with Crippen LogP contribution in [-0.4, -0.2) is 18.0 Å². The minimum Gasteiger partial charge on any atom is -0.495 e. The number of ether oxygens (including phenoxy) is 1. The molecule has 0 aromatic rings. The molecule has 1 N–H and O–H groups in total. The third-order valence-corrected chi connectivity index (χ3v) is 3.57. The molecule has 3 heteroatoms. The lowest BCUT2D eigenvalue weighted by atomic mass is 9.67. The van der Waals surface area contributed by atoms with Gasteiger partial charge in [0.1, 0.15) is 11.5 Å². The van der Waals surface area contributed by atoms with Crippen LogP contribution in [0.5, 0.6) is 0 Å². The zero-order valence-electron chi connectivity index (χ0n) is 9.37. The Kier molecular flexibility index (Phi) is 3.19. The van der Waals surface area contributed by atoms with Gasteiger partial charge >= 0.3 is 0 Å². The van der Waals surface area contributed by atoms with Crippen molar-refractivity contribution in [1.29, 1.82) is 0 Å². The van der Waals surface area contributed by atoms with Crippen LogP contribution in [0.15, 0.2) is 17.0 Å². The fourth-order valence-corrected chi connectivity index (χ4v) is 2.01. The Bertz CT molecular complexity index is 270. The molecule has 0 amide bonds. The predicted octanol–water partition coefficient (Wildman–Crippen LogP) is 2.80. The molecule has 1 aliphatic carbocycles. The van der Waals surface area contributed by atoms with Gasteiger partial charge in [-0.2, -0.15) is 0 Å². The van der Waals surface area contributed by atoms with Gasteiger partial charge in [-0.3, -0.25) is 0 Å². The number of hydrogen-bond donors (Lipinski definition) is 1. The molecule has 0 aliphatic heterocycles. The summed E-state index contributed by atoms with van der Waals surface area (Å²) >= 11 is 0. The molecule has 0 spiro atoms. The van der Waals surface area contributed by atoms with Crippen molar-refractivity contribution in [3.8, 4) is 0 Å². The fraction of sp³-hybridized carbons (Fsp3) is 0.727. The summed E-state index contributed by atoms with van der Waals surface area (Å²) in [5.74, 6) is 1.20. The third kappa shape index (κ3) is 1.51. The summed E-state index contributed by atoms with van der Waals surface area (Å²) in [5, 5.41) is 12.4. The molecule has 0 bridgehead atoms. The standard InChI is InChI=1S/C11H19NO2/c1-5-11(3)8(2)6-7-9(14-4)10(11)12-13/h7-8,13H,5-6H2,1-4H3/b12-10+/t8-,11?/m0/s1. The highest BCUT2D eigenvalue weighted by Gasteiger charge is 2.40. The lowest BCUT2D eigenvalue weighted by Gasteiger charge is -2.38. The maximum Gasteiger partial charge on any atom is 0.140 e. The second-order valence-electron chi connectivity index (χ2n) is 4.13. The van der Waals surface area contributed by atoms with E-state index in [2.05, 4.69) is 25.9 Å². The molecule has 1 aliphatic rings. The number of methoxy groups -OCH3 is 1. The van der Waals surface area contributed by atoms with E-state index in [1.165, 1.54) is 0 Å². The second kappa shape index (κ2) is 4.03. The highest BCUT2D eigenvalue weighted by atomic mass is 16.5. The van der Waals surface area contributed by atoms with Gasteiger partial charge in [0.05, 0.1) is 7.11 Å². The minimum absolute atomic E-state index is 0.0746. The molecule has 0 saturated carbocycles. The van der Waals surface area contributed by atoms with E-state index in [0.717, 1.165) is 18.6 Å². The number of nitrogens with zero attached hydrogens (tertiary/aromatic N) is 1.